The van der Waals surface area contributed by atoms with Crippen LogP contribution in [0.4, 0.5) is 0 Å². The van der Waals surface area contributed by atoms with E-state index >= 15 is 0 Å². The Balaban J connectivity index is 1.46. The minimum atomic E-state index is 0.204. The topological polar surface area (TPSA) is 84.7 Å². The fraction of sp³-hybridized carbons (Fsp3) is 0.353. The Morgan fingerprint density at radius 3 is 2.81 bits per heavy atom. The number of hydrogen-bond donors (Lipinski definition) is 0. The highest BCUT2D eigenvalue weighted by Gasteiger charge is 2.27. The zero-order valence-electron chi connectivity index (χ0n) is 14.6. The van der Waals surface area contributed by atoms with E-state index in [0.717, 1.165) is 52.2 Å². The smallest absolute Gasteiger partial charge is 0.222 e. The molecule has 0 N–H and O–H groups in total. The van der Waals surface area contributed by atoms with Crippen LogP contribution in [0.2, 0.25) is 17.7 Å². The minimum Gasteiger partial charge on any atom is -0.222 e. The first-order valence-corrected chi connectivity index (χ1v) is 10.1. The first kappa shape index (κ1) is 16.7. The van der Waals surface area contributed by atoms with Crippen LogP contribution in [0.3, 0.4) is 0 Å². The van der Waals surface area contributed by atoms with Gasteiger partial charge in [-0.05, 0) is 12.1 Å². The third-order valence-corrected chi connectivity index (χ3v) is 6.44. The van der Waals surface area contributed by atoms with Gasteiger partial charge in [0, 0.05) is 24.5 Å². The fourth-order valence-corrected chi connectivity index (χ4v) is 4.88. The van der Waals surface area contributed by atoms with Gasteiger partial charge in [0.05, 0.1) is 16.9 Å². The summed E-state index contributed by atoms with van der Waals surface area (Å²) in [5.41, 5.74) is 3.45. The Labute approximate surface area is 164 Å². The van der Waals surface area contributed by atoms with Gasteiger partial charge < -0.3 is 0 Å². The number of nitrogens with zero attached hydrogens (tertiary/aromatic N) is 7. The van der Waals surface area contributed by atoms with Crippen molar-refractivity contribution >= 4 is 45.6 Å². The molecule has 0 saturated carbocycles. The van der Waals surface area contributed by atoms with Crippen LogP contribution in [0, 0.1) is 11.2 Å². The van der Waals surface area contributed by atoms with Gasteiger partial charge in [-0.15, -0.1) is 0 Å². The van der Waals surface area contributed by atoms with Gasteiger partial charge in [-0.2, -0.15) is 20.1 Å². The van der Waals surface area contributed by atoms with Gasteiger partial charge in [0.2, 0.25) is 4.96 Å². The summed E-state index contributed by atoms with van der Waals surface area (Å²) in [7, 11) is 1.78. The van der Waals surface area contributed by atoms with Gasteiger partial charge >= 0.3 is 0 Å². The van der Waals surface area contributed by atoms with Crippen molar-refractivity contribution < 1.29 is 0 Å². The number of hydrogen-bond acceptors (Lipinski definition) is 6. The minimum absolute atomic E-state index is 0.204. The lowest BCUT2D eigenvalue weighted by atomic mass is 9.41. The van der Waals surface area contributed by atoms with E-state index in [1.807, 2.05) is 22.8 Å². The fourth-order valence-electron chi connectivity index (χ4n) is 3.75. The van der Waals surface area contributed by atoms with Crippen molar-refractivity contribution in [2.75, 3.05) is 0 Å². The molecule has 4 aromatic rings. The van der Waals surface area contributed by atoms with Crippen LogP contribution in [0.25, 0.3) is 26.6 Å². The second kappa shape index (κ2) is 6.32. The van der Waals surface area contributed by atoms with E-state index in [-0.39, 0.29) is 6.71 Å². The van der Waals surface area contributed by atoms with Crippen molar-refractivity contribution in [1.82, 2.24) is 29.6 Å². The summed E-state index contributed by atoms with van der Waals surface area (Å²) < 4.78 is 1.85. The quantitative estimate of drug-likeness (QED) is 0.482. The number of fused-ring (bicyclic) bond motifs is 2. The third-order valence-electron chi connectivity index (χ3n) is 5.18. The summed E-state index contributed by atoms with van der Waals surface area (Å²) in [4.78, 5) is 7.18. The second-order valence-corrected chi connectivity index (χ2v) is 8.36. The number of halogens is 1. The van der Waals surface area contributed by atoms with Crippen LogP contribution >= 0.6 is 22.9 Å². The van der Waals surface area contributed by atoms with E-state index in [9.17, 15) is 0 Å². The van der Waals surface area contributed by atoms with Crippen molar-refractivity contribution in [2.45, 2.75) is 31.4 Å². The SMILES string of the molecule is Cn1nc2cc(-c3nn4cc(C5CCB(C#N)CC5)nc4s3)cc(Cl)c2n1. The summed E-state index contributed by atoms with van der Waals surface area (Å²) in [6.07, 6.45) is 5.99. The largest absolute Gasteiger partial charge is 0.267 e. The highest BCUT2D eigenvalue weighted by molar-refractivity contribution is 7.19. The number of aromatic nitrogens is 6. The van der Waals surface area contributed by atoms with Crippen molar-refractivity contribution in [3.8, 4) is 16.5 Å². The zero-order valence-corrected chi connectivity index (χ0v) is 16.2. The Kier molecular flexibility index (Phi) is 3.91. The Morgan fingerprint density at radius 2 is 2.07 bits per heavy atom. The van der Waals surface area contributed by atoms with Crippen LogP contribution in [-0.4, -0.2) is 36.3 Å². The van der Waals surface area contributed by atoms with Crippen molar-refractivity contribution in [3.63, 3.8) is 0 Å². The molecule has 5 rings (SSSR count). The molecule has 1 fully saturated rings. The molecule has 10 heteroatoms. The molecule has 0 amide bonds. The van der Waals surface area contributed by atoms with Crippen LogP contribution < -0.4 is 0 Å². The zero-order chi connectivity index (χ0) is 18.5. The average Bonchev–Trinajstić information content (AvgIpc) is 3.34. The van der Waals surface area contributed by atoms with Gasteiger partial charge in [0.1, 0.15) is 16.0 Å². The molecule has 7 nitrogen and oxygen atoms in total. The standard InChI is InChI=1S/C17H15BClN7S/c1-25-22-13-7-11(6-12(19)15(13)23-25)16-24-26-8-14(21-17(26)27-16)10-2-4-18(9-20)5-3-10/h6-8,10H,2-5H2,1H3. The number of rotatable bonds is 2. The molecule has 0 spiro atoms. The molecule has 0 radical (unpaired) electrons. The number of aryl methyl sites for hydroxylation is 1. The first-order chi connectivity index (χ1) is 13.1. The van der Waals surface area contributed by atoms with Crippen LogP contribution in [-0.2, 0) is 7.05 Å². The van der Waals surface area contributed by atoms with Crippen LogP contribution in [0.5, 0.6) is 0 Å². The van der Waals surface area contributed by atoms with Crippen LogP contribution in [0.15, 0.2) is 18.3 Å². The monoisotopic (exact) mass is 395 g/mol. The molecule has 1 saturated heterocycles. The number of nitriles is 1. The lowest BCUT2D eigenvalue weighted by Crippen LogP contribution is -2.19. The maximum atomic E-state index is 9.06. The molecule has 4 heterocycles. The lowest BCUT2D eigenvalue weighted by Gasteiger charge is -2.21. The summed E-state index contributed by atoms with van der Waals surface area (Å²) in [5.74, 6) is 2.81. The Hall–Kier alpha value is -2.44. The molecule has 3 aromatic heterocycles. The molecule has 1 aromatic carbocycles. The van der Waals surface area contributed by atoms with E-state index < -0.39 is 0 Å². The molecule has 134 valence electrons. The summed E-state index contributed by atoms with van der Waals surface area (Å²) in [6.45, 7) is 0.204. The number of benzene rings is 1. The molecule has 1 aliphatic rings. The Morgan fingerprint density at radius 1 is 1.26 bits per heavy atom. The highest BCUT2D eigenvalue weighted by Crippen LogP contribution is 2.35. The van der Waals surface area contributed by atoms with E-state index in [2.05, 4.69) is 16.2 Å². The molecule has 0 unspecified atom stereocenters. The van der Waals surface area contributed by atoms with E-state index in [0.29, 0.717) is 16.5 Å². The predicted octanol–water partition coefficient (Wildman–Crippen LogP) is 3.83. The van der Waals surface area contributed by atoms with Gasteiger partial charge in [-0.25, -0.2) is 14.8 Å². The Bertz CT molecular complexity index is 1160. The maximum absolute atomic E-state index is 9.06. The summed E-state index contributed by atoms with van der Waals surface area (Å²) in [5, 5.41) is 23.8. The maximum Gasteiger partial charge on any atom is 0.267 e. The van der Waals surface area contributed by atoms with Crippen LogP contribution in [0.1, 0.15) is 24.5 Å². The summed E-state index contributed by atoms with van der Waals surface area (Å²) in [6, 6.07) is 3.83. The number of imidazole rings is 1. The van der Waals surface area contributed by atoms with E-state index in [1.54, 1.807) is 7.05 Å². The highest BCUT2D eigenvalue weighted by atomic mass is 35.5. The lowest BCUT2D eigenvalue weighted by molar-refractivity contribution is 0.598. The van der Waals surface area contributed by atoms with Gasteiger partial charge in [-0.3, -0.25) is 0 Å². The molecule has 0 atom stereocenters. The molecule has 0 aliphatic carbocycles. The normalized spacial score (nSPS) is 15.7. The van der Waals surface area contributed by atoms with Gasteiger partial charge in [0.15, 0.2) is 0 Å². The van der Waals surface area contributed by atoms with E-state index in [4.69, 9.17) is 26.9 Å². The molecule has 1 aliphatic heterocycles. The predicted molar refractivity (Wildman–Crippen MR) is 106 cm³/mol. The first-order valence-electron chi connectivity index (χ1n) is 8.87. The van der Waals surface area contributed by atoms with Crippen molar-refractivity contribution in [2.24, 2.45) is 7.05 Å². The molecule has 27 heavy (non-hydrogen) atoms. The molecular weight excluding hydrogens is 381 g/mol. The van der Waals surface area contributed by atoms with Crippen molar-refractivity contribution in [1.29, 1.82) is 5.26 Å². The van der Waals surface area contributed by atoms with E-state index in [1.165, 1.54) is 16.1 Å². The van der Waals surface area contributed by atoms with Gasteiger partial charge in [0.25, 0.3) is 6.71 Å². The second-order valence-electron chi connectivity index (χ2n) is 6.99. The third kappa shape index (κ3) is 2.89. The molecule has 0 bridgehead atoms. The molecular formula is C17H15BClN7S. The summed E-state index contributed by atoms with van der Waals surface area (Å²) >= 11 is 7.90. The van der Waals surface area contributed by atoms with Gasteiger partial charge in [-0.1, -0.05) is 48.4 Å². The average molecular weight is 396 g/mol. The van der Waals surface area contributed by atoms with Crippen molar-refractivity contribution in [3.05, 3.63) is 29.0 Å².